The molecule has 10 heteroatoms. The van der Waals surface area contributed by atoms with Crippen molar-refractivity contribution in [2.24, 2.45) is 0 Å². The summed E-state index contributed by atoms with van der Waals surface area (Å²) in [6.45, 7) is 1.73. The Kier molecular flexibility index (Phi) is 6.61. The molecule has 0 radical (unpaired) electrons. The van der Waals surface area contributed by atoms with Crippen LogP contribution in [0.1, 0.15) is 24.2 Å². The van der Waals surface area contributed by atoms with Crippen LogP contribution >= 0.6 is 11.6 Å². The number of benzene rings is 3. The van der Waals surface area contributed by atoms with Crippen LogP contribution in [-0.2, 0) is 16.0 Å². The van der Waals surface area contributed by atoms with Gasteiger partial charge in [-0.1, -0.05) is 65.3 Å². The van der Waals surface area contributed by atoms with E-state index in [0.29, 0.717) is 38.7 Å². The fraction of sp³-hybridized carbons (Fsp3) is 0.111. The van der Waals surface area contributed by atoms with Gasteiger partial charge in [0.1, 0.15) is 17.3 Å². The molecule has 5 rings (SSSR count). The van der Waals surface area contributed by atoms with Crippen LogP contribution in [0.3, 0.4) is 0 Å². The number of carbonyl (C=O) groups excluding carboxylic acids is 1. The van der Waals surface area contributed by atoms with E-state index >= 15 is 0 Å². The molecular weight excluding hydrogens is 496 g/mol. The number of halogens is 1. The number of aromatic amines is 1. The fourth-order valence-corrected chi connectivity index (χ4v) is 4.41. The SMILES string of the molecule is CC(OC(=O)Nc1cnoc1-c1ccc(-c2ccc(CC(=O)O)cc2)c2[nH]cnc12)c1ccccc1Cl. The Hall–Kier alpha value is -4.63. The van der Waals surface area contributed by atoms with Crippen LogP contribution in [0.15, 0.2) is 77.7 Å². The summed E-state index contributed by atoms with van der Waals surface area (Å²) < 4.78 is 11.0. The van der Waals surface area contributed by atoms with Gasteiger partial charge in [-0.05, 0) is 30.2 Å². The molecule has 1 unspecified atom stereocenters. The number of nitrogens with zero attached hydrogens (tertiary/aromatic N) is 2. The topological polar surface area (TPSA) is 130 Å². The molecule has 5 aromatic rings. The molecule has 0 fully saturated rings. The average molecular weight is 517 g/mol. The standard InChI is InChI=1S/C27H21ClN4O5/c1-15(18-4-2-3-5-21(18)28)36-27(35)32-22-13-31-37-26(22)20-11-10-19(24-25(20)30-14-29-24)17-8-6-16(7-9-17)12-23(33)34/h2-11,13-15H,12H2,1H3,(H,29,30)(H,32,35)(H,33,34). The third kappa shape index (κ3) is 5.03. The van der Waals surface area contributed by atoms with Crippen molar-refractivity contribution < 1.29 is 24.0 Å². The van der Waals surface area contributed by atoms with Crippen LogP contribution in [-0.4, -0.2) is 32.3 Å². The van der Waals surface area contributed by atoms with Crippen molar-refractivity contribution in [1.29, 1.82) is 0 Å². The Morgan fingerprint density at radius 3 is 2.62 bits per heavy atom. The van der Waals surface area contributed by atoms with E-state index in [9.17, 15) is 9.59 Å². The minimum absolute atomic E-state index is 0.0421. The first-order valence-corrected chi connectivity index (χ1v) is 11.7. The van der Waals surface area contributed by atoms with Crippen molar-refractivity contribution in [2.45, 2.75) is 19.4 Å². The van der Waals surface area contributed by atoms with Gasteiger partial charge in [-0.3, -0.25) is 10.1 Å². The minimum Gasteiger partial charge on any atom is -0.481 e. The second-order valence-corrected chi connectivity index (χ2v) is 8.72. The highest BCUT2D eigenvalue weighted by Gasteiger charge is 2.21. The molecule has 37 heavy (non-hydrogen) atoms. The lowest BCUT2D eigenvalue weighted by Crippen LogP contribution is -2.16. The number of anilines is 1. The van der Waals surface area contributed by atoms with Crippen LogP contribution in [0.4, 0.5) is 10.5 Å². The Bertz CT molecular complexity index is 1590. The molecular formula is C27H21ClN4O5. The van der Waals surface area contributed by atoms with Gasteiger partial charge < -0.3 is 19.4 Å². The highest BCUT2D eigenvalue weighted by Crippen LogP contribution is 2.37. The smallest absolute Gasteiger partial charge is 0.412 e. The molecule has 0 aliphatic carbocycles. The number of aromatic nitrogens is 3. The number of ether oxygens (including phenoxy) is 1. The maximum absolute atomic E-state index is 12.6. The fourth-order valence-electron chi connectivity index (χ4n) is 4.12. The maximum atomic E-state index is 12.6. The molecule has 2 aromatic heterocycles. The van der Waals surface area contributed by atoms with Gasteiger partial charge in [0.15, 0.2) is 5.76 Å². The first-order chi connectivity index (χ1) is 17.9. The lowest BCUT2D eigenvalue weighted by Gasteiger charge is -2.15. The Balaban J connectivity index is 1.40. The summed E-state index contributed by atoms with van der Waals surface area (Å²) in [6, 6.07) is 18.2. The van der Waals surface area contributed by atoms with Crippen molar-refractivity contribution in [3.05, 3.63) is 89.3 Å². The average Bonchev–Trinajstić information content (AvgIpc) is 3.54. The molecule has 2 heterocycles. The van der Waals surface area contributed by atoms with Crippen molar-refractivity contribution in [1.82, 2.24) is 15.1 Å². The Labute approximate surface area is 216 Å². The molecule has 0 bridgehead atoms. The third-order valence-electron chi connectivity index (χ3n) is 5.88. The molecule has 9 nitrogen and oxygen atoms in total. The van der Waals surface area contributed by atoms with Crippen molar-refractivity contribution in [3.8, 4) is 22.5 Å². The van der Waals surface area contributed by atoms with Gasteiger partial charge in [-0.25, -0.2) is 9.78 Å². The summed E-state index contributed by atoms with van der Waals surface area (Å²) in [5, 5.41) is 16.1. The summed E-state index contributed by atoms with van der Waals surface area (Å²) in [5.74, 6) is -0.561. The molecule has 0 saturated heterocycles. The second kappa shape index (κ2) is 10.2. The number of aliphatic carboxylic acids is 1. The Morgan fingerprint density at radius 1 is 1.11 bits per heavy atom. The summed E-state index contributed by atoms with van der Waals surface area (Å²) in [6.07, 6.45) is 1.66. The van der Waals surface area contributed by atoms with Gasteiger partial charge >= 0.3 is 12.1 Å². The van der Waals surface area contributed by atoms with Crippen LogP contribution in [0.5, 0.6) is 0 Å². The summed E-state index contributed by atoms with van der Waals surface area (Å²) in [5.41, 5.74) is 5.48. The quantitative estimate of drug-likeness (QED) is 0.226. The summed E-state index contributed by atoms with van der Waals surface area (Å²) in [4.78, 5) is 31.2. The van der Waals surface area contributed by atoms with Crippen molar-refractivity contribution in [3.63, 3.8) is 0 Å². The normalized spacial score (nSPS) is 11.8. The number of fused-ring (bicyclic) bond motifs is 1. The van der Waals surface area contributed by atoms with E-state index in [1.165, 1.54) is 6.20 Å². The number of carbonyl (C=O) groups is 2. The van der Waals surface area contributed by atoms with E-state index in [1.54, 1.807) is 43.6 Å². The van der Waals surface area contributed by atoms with Crippen LogP contribution in [0.25, 0.3) is 33.5 Å². The highest BCUT2D eigenvalue weighted by molar-refractivity contribution is 6.31. The van der Waals surface area contributed by atoms with E-state index < -0.39 is 18.2 Å². The van der Waals surface area contributed by atoms with Gasteiger partial charge in [0.25, 0.3) is 0 Å². The zero-order valence-corrected chi connectivity index (χ0v) is 20.3. The van der Waals surface area contributed by atoms with E-state index in [4.69, 9.17) is 26.0 Å². The van der Waals surface area contributed by atoms with Gasteiger partial charge in [0.2, 0.25) is 0 Å². The molecule has 0 aliphatic heterocycles. The lowest BCUT2D eigenvalue weighted by molar-refractivity contribution is -0.136. The van der Waals surface area contributed by atoms with Crippen LogP contribution in [0, 0.1) is 0 Å². The third-order valence-corrected chi connectivity index (χ3v) is 6.22. The van der Waals surface area contributed by atoms with Crippen molar-refractivity contribution >= 4 is 40.4 Å². The first kappa shape index (κ1) is 24.1. The van der Waals surface area contributed by atoms with Crippen LogP contribution in [0.2, 0.25) is 5.02 Å². The number of H-pyrrole nitrogens is 1. The number of nitrogens with one attached hydrogen (secondary N) is 2. The van der Waals surface area contributed by atoms with Gasteiger partial charge in [-0.15, -0.1) is 0 Å². The van der Waals surface area contributed by atoms with Crippen LogP contribution < -0.4 is 5.32 Å². The summed E-state index contributed by atoms with van der Waals surface area (Å²) >= 11 is 6.21. The minimum atomic E-state index is -0.883. The molecule has 1 atom stereocenters. The Morgan fingerprint density at radius 2 is 1.86 bits per heavy atom. The number of hydrogen-bond donors (Lipinski definition) is 3. The van der Waals surface area contributed by atoms with E-state index in [0.717, 1.165) is 16.6 Å². The zero-order valence-electron chi connectivity index (χ0n) is 19.6. The van der Waals surface area contributed by atoms with E-state index in [-0.39, 0.29) is 6.42 Å². The second-order valence-electron chi connectivity index (χ2n) is 8.32. The highest BCUT2D eigenvalue weighted by atomic mass is 35.5. The number of carboxylic acid groups (broad SMARTS) is 1. The number of rotatable bonds is 7. The largest absolute Gasteiger partial charge is 0.481 e. The van der Waals surface area contributed by atoms with Gasteiger partial charge in [-0.2, -0.15) is 0 Å². The number of imidazole rings is 1. The zero-order chi connectivity index (χ0) is 25.9. The van der Waals surface area contributed by atoms with Gasteiger partial charge in [0.05, 0.1) is 30.0 Å². The summed E-state index contributed by atoms with van der Waals surface area (Å²) in [7, 11) is 0. The number of amides is 1. The molecule has 0 saturated carbocycles. The molecule has 0 spiro atoms. The molecule has 3 aromatic carbocycles. The molecule has 186 valence electrons. The van der Waals surface area contributed by atoms with Gasteiger partial charge in [0, 0.05) is 16.1 Å². The van der Waals surface area contributed by atoms with Crippen molar-refractivity contribution in [2.75, 3.05) is 5.32 Å². The maximum Gasteiger partial charge on any atom is 0.412 e. The predicted molar refractivity (Wildman–Crippen MR) is 138 cm³/mol. The number of carboxylic acids is 1. The molecule has 3 N–H and O–H groups in total. The molecule has 0 aliphatic rings. The number of hydrogen-bond acceptors (Lipinski definition) is 6. The predicted octanol–water partition coefficient (Wildman–Crippen LogP) is 6.48. The van der Waals surface area contributed by atoms with E-state index in [2.05, 4.69) is 20.4 Å². The lowest BCUT2D eigenvalue weighted by atomic mass is 9.99. The first-order valence-electron chi connectivity index (χ1n) is 11.3. The molecule has 1 amide bonds. The van der Waals surface area contributed by atoms with E-state index in [1.807, 2.05) is 30.3 Å². The monoisotopic (exact) mass is 516 g/mol.